The summed E-state index contributed by atoms with van der Waals surface area (Å²) < 4.78 is 0. The van der Waals surface area contributed by atoms with Gasteiger partial charge in [0.05, 0.1) is 0 Å². The van der Waals surface area contributed by atoms with E-state index in [0.717, 1.165) is 41.1 Å². The van der Waals surface area contributed by atoms with Crippen LogP contribution < -0.4 is 5.32 Å². The summed E-state index contributed by atoms with van der Waals surface area (Å²) >= 11 is 1.63. The second-order valence-electron chi connectivity index (χ2n) is 6.52. The van der Waals surface area contributed by atoms with Crippen LogP contribution in [0.4, 0.5) is 0 Å². The van der Waals surface area contributed by atoms with Gasteiger partial charge in [0.2, 0.25) is 0 Å². The third-order valence-corrected chi connectivity index (χ3v) is 6.73. The van der Waals surface area contributed by atoms with Gasteiger partial charge in [0.15, 0.2) is 0 Å². The monoisotopic (exact) mass is 272 g/mol. The van der Waals surface area contributed by atoms with Crippen LogP contribution in [0, 0.1) is 35.0 Å². The number of rotatable bonds is 3. The Bertz CT molecular complexity index is 515. The summed E-state index contributed by atoms with van der Waals surface area (Å²) in [6, 6.07) is 7.01. The molecule has 1 heterocycles. The quantitative estimate of drug-likeness (QED) is 0.913. The van der Waals surface area contributed by atoms with Crippen LogP contribution in [0.3, 0.4) is 0 Å². The Balaban J connectivity index is 1.38. The lowest BCUT2D eigenvalue weighted by Gasteiger charge is -2.32. The van der Waals surface area contributed by atoms with E-state index in [4.69, 9.17) is 5.26 Å². The van der Waals surface area contributed by atoms with Crippen LogP contribution >= 0.6 is 11.3 Å². The molecule has 3 saturated carbocycles. The second kappa shape index (κ2) is 4.61. The number of hydrogen-bond acceptors (Lipinski definition) is 3. The molecule has 0 amide bonds. The number of thiophene rings is 1. The van der Waals surface area contributed by atoms with Gasteiger partial charge in [-0.2, -0.15) is 5.26 Å². The van der Waals surface area contributed by atoms with Crippen molar-refractivity contribution in [2.45, 2.75) is 44.7 Å². The zero-order valence-corrected chi connectivity index (χ0v) is 12.0. The van der Waals surface area contributed by atoms with Crippen LogP contribution in [-0.4, -0.2) is 6.04 Å². The van der Waals surface area contributed by atoms with E-state index in [1.54, 1.807) is 11.3 Å². The van der Waals surface area contributed by atoms with Crippen molar-refractivity contribution in [2.75, 3.05) is 0 Å². The summed E-state index contributed by atoms with van der Waals surface area (Å²) in [7, 11) is 0. The fourth-order valence-corrected chi connectivity index (χ4v) is 5.82. The predicted octanol–water partition coefficient (Wildman–Crippen LogP) is 3.53. The molecule has 0 aromatic carbocycles. The molecule has 0 saturated heterocycles. The summed E-state index contributed by atoms with van der Waals surface area (Å²) in [6.45, 7) is 0.956. The number of nitriles is 1. The molecule has 1 aromatic heterocycles. The van der Waals surface area contributed by atoms with E-state index in [0.29, 0.717) is 0 Å². The highest BCUT2D eigenvalue weighted by atomic mass is 32.1. The summed E-state index contributed by atoms with van der Waals surface area (Å²) in [6.07, 6.45) is 7.37. The highest BCUT2D eigenvalue weighted by Crippen LogP contribution is 2.58. The standard InChI is InChI=1S/C16H20N2S/c17-8-11-4-5-12(19-11)9-18-16-7-10-6-15(16)14-3-1-2-13(10)14/h4-5,10,13-16,18H,1-3,6-7,9H2. The maximum Gasteiger partial charge on any atom is 0.110 e. The van der Waals surface area contributed by atoms with Crippen molar-refractivity contribution in [1.29, 1.82) is 5.26 Å². The summed E-state index contributed by atoms with van der Waals surface area (Å²) in [4.78, 5) is 2.14. The Labute approximate surface area is 118 Å². The molecule has 3 heteroatoms. The van der Waals surface area contributed by atoms with Gasteiger partial charge in [-0.1, -0.05) is 6.42 Å². The largest absolute Gasteiger partial charge is 0.309 e. The molecular weight excluding hydrogens is 252 g/mol. The van der Waals surface area contributed by atoms with Gasteiger partial charge in [0, 0.05) is 17.5 Å². The average molecular weight is 272 g/mol. The predicted molar refractivity (Wildman–Crippen MR) is 76.7 cm³/mol. The number of nitrogens with one attached hydrogen (secondary N) is 1. The van der Waals surface area contributed by atoms with E-state index in [2.05, 4.69) is 17.5 Å². The molecule has 2 bridgehead atoms. The van der Waals surface area contributed by atoms with Crippen molar-refractivity contribution in [3.63, 3.8) is 0 Å². The molecule has 0 spiro atoms. The van der Waals surface area contributed by atoms with Crippen LogP contribution in [0.15, 0.2) is 12.1 Å². The minimum absolute atomic E-state index is 0.747. The molecular formula is C16H20N2S. The van der Waals surface area contributed by atoms with Crippen LogP contribution in [0.25, 0.3) is 0 Å². The maximum absolute atomic E-state index is 8.86. The minimum Gasteiger partial charge on any atom is -0.309 e. The first kappa shape index (κ1) is 11.9. The van der Waals surface area contributed by atoms with E-state index in [9.17, 15) is 0 Å². The van der Waals surface area contributed by atoms with Crippen molar-refractivity contribution in [2.24, 2.45) is 23.7 Å². The average Bonchev–Trinajstić information content (AvgIpc) is 3.16. The molecule has 3 fully saturated rings. The molecule has 4 rings (SSSR count). The summed E-state index contributed by atoms with van der Waals surface area (Å²) in [5.41, 5.74) is 0. The first-order valence-corrected chi connectivity index (χ1v) is 8.39. The first-order chi connectivity index (χ1) is 9.35. The van der Waals surface area contributed by atoms with Crippen molar-refractivity contribution in [3.05, 3.63) is 21.9 Å². The Hall–Kier alpha value is -0.850. The molecule has 1 aromatic rings. The van der Waals surface area contributed by atoms with Gasteiger partial charge in [0.1, 0.15) is 10.9 Å². The van der Waals surface area contributed by atoms with Crippen molar-refractivity contribution in [3.8, 4) is 6.07 Å². The lowest BCUT2D eigenvalue weighted by Crippen LogP contribution is -2.38. The molecule has 100 valence electrons. The SMILES string of the molecule is N#Cc1ccc(CNC2CC3CC2C2CCCC32)s1. The van der Waals surface area contributed by atoms with E-state index in [-0.39, 0.29) is 0 Å². The van der Waals surface area contributed by atoms with Crippen LogP contribution in [0.2, 0.25) is 0 Å². The Morgan fingerprint density at radius 1 is 1.21 bits per heavy atom. The van der Waals surface area contributed by atoms with Gasteiger partial charge in [0.25, 0.3) is 0 Å². The van der Waals surface area contributed by atoms with Gasteiger partial charge in [-0.25, -0.2) is 0 Å². The smallest absolute Gasteiger partial charge is 0.110 e. The molecule has 5 unspecified atom stereocenters. The molecule has 5 atom stereocenters. The topological polar surface area (TPSA) is 35.8 Å². The normalized spacial score (nSPS) is 39.4. The summed E-state index contributed by atoms with van der Waals surface area (Å²) in [5, 5.41) is 12.6. The van der Waals surface area contributed by atoms with Gasteiger partial charge in [-0.05, 0) is 61.5 Å². The Morgan fingerprint density at radius 2 is 2.11 bits per heavy atom. The van der Waals surface area contributed by atoms with Gasteiger partial charge in [-0.15, -0.1) is 11.3 Å². The lowest BCUT2D eigenvalue weighted by atomic mass is 9.79. The third-order valence-electron chi connectivity index (χ3n) is 5.74. The van der Waals surface area contributed by atoms with Gasteiger partial charge >= 0.3 is 0 Å². The van der Waals surface area contributed by atoms with E-state index >= 15 is 0 Å². The van der Waals surface area contributed by atoms with E-state index in [1.165, 1.54) is 37.0 Å². The van der Waals surface area contributed by atoms with Crippen LogP contribution in [0.5, 0.6) is 0 Å². The Kier molecular flexibility index (Phi) is 2.90. The maximum atomic E-state index is 8.86. The van der Waals surface area contributed by atoms with E-state index in [1.807, 2.05) is 6.07 Å². The molecule has 1 N–H and O–H groups in total. The molecule has 0 radical (unpaired) electrons. The zero-order chi connectivity index (χ0) is 12.8. The molecule has 19 heavy (non-hydrogen) atoms. The first-order valence-electron chi connectivity index (χ1n) is 7.57. The molecule has 3 aliphatic rings. The number of nitrogens with zero attached hydrogens (tertiary/aromatic N) is 1. The fraction of sp³-hybridized carbons (Fsp3) is 0.688. The fourth-order valence-electron chi connectivity index (χ4n) is 5.07. The second-order valence-corrected chi connectivity index (χ2v) is 7.69. The van der Waals surface area contributed by atoms with Crippen molar-refractivity contribution in [1.82, 2.24) is 5.32 Å². The number of fused-ring (bicyclic) bond motifs is 5. The van der Waals surface area contributed by atoms with Crippen LogP contribution in [-0.2, 0) is 6.54 Å². The van der Waals surface area contributed by atoms with Gasteiger partial charge < -0.3 is 5.32 Å². The third kappa shape index (κ3) is 1.93. The van der Waals surface area contributed by atoms with Crippen molar-refractivity contribution >= 4 is 11.3 Å². The summed E-state index contributed by atoms with van der Waals surface area (Å²) in [5.74, 6) is 4.09. The highest BCUT2D eigenvalue weighted by Gasteiger charge is 2.53. The minimum atomic E-state index is 0.747. The van der Waals surface area contributed by atoms with Crippen LogP contribution in [0.1, 0.15) is 41.9 Å². The van der Waals surface area contributed by atoms with Crippen molar-refractivity contribution < 1.29 is 0 Å². The highest BCUT2D eigenvalue weighted by molar-refractivity contribution is 7.12. The Morgan fingerprint density at radius 3 is 2.95 bits per heavy atom. The lowest BCUT2D eigenvalue weighted by molar-refractivity contribution is 0.208. The molecule has 2 nitrogen and oxygen atoms in total. The van der Waals surface area contributed by atoms with E-state index < -0.39 is 0 Å². The zero-order valence-electron chi connectivity index (χ0n) is 11.1. The molecule has 0 aliphatic heterocycles. The number of hydrogen-bond donors (Lipinski definition) is 1. The van der Waals surface area contributed by atoms with Gasteiger partial charge in [-0.3, -0.25) is 0 Å². The molecule has 3 aliphatic carbocycles.